The molecule has 1 aromatic rings. The number of aliphatic imine (C=N–C) groups is 1. The molecule has 128 valence electrons. The molecular formula is C16H25IN4O2. The quantitative estimate of drug-likeness (QED) is 0.436. The first-order valence-corrected chi connectivity index (χ1v) is 7.59. The van der Waals surface area contributed by atoms with Gasteiger partial charge >= 0.3 is 0 Å². The topological polar surface area (TPSA) is 80.0 Å². The summed E-state index contributed by atoms with van der Waals surface area (Å²) < 4.78 is 5.24. The van der Waals surface area contributed by atoms with Crippen molar-refractivity contribution in [3.8, 4) is 5.75 Å². The van der Waals surface area contributed by atoms with Crippen molar-refractivity contribution in [1.29, 1.82) is 0 Å². The summed E-state index contributed by atoms with van der Waals surface area (Å²) in [6.07, 6.45) is 3.61. The van der Waals surface area contributed by atoms with Crippen LogP contribution in [-0.4, -0.2) is 37.0 Å². The lowest BCUT2D eigenvalue weighted by Crippen LogP contribution is -2.40. The van der Waals surface area contributed by atoms with Gasteiger partial charge in [0, 0.05) is 20.0 Å². The van der Waals surface area contributed by atoms with Crippen LogP contribution >= 0.6 is 24.0 Å². The van der Waals surface area contributed by atoms with E-state index in [-0.39, 0.29) is 29.9 Å². The number of likely N-dealkylation sites (tertiary alicyclic amines) is 1. The monoisotopic (exact) mass is 432 g/mol. The van der Waals surface area contributed by atoms with Crippen molar-refractivity contribution >= 4 is 41.5 Å². The highest BCUT2D eigenvalue weighted by Crippen LogP contribution is 2.25. The smallest absolute Gasteiger partial charge is 0.221 e. The molecule has 0 radical (unpaired) electrons. The summed E-state index contributed by atoms with van der Waals surface area (Å²) in [6.45, 7) is 3.92. The second kappa shape index (κ2) is 9.59. The second-order valence-corrected chi connectivity index (χ2v) is 5.44. The third kappa shape index (κ3) is 5.89. The lowest BCUT2D eigenvalue weighted by molar-refractivity contribution is -0.114. The van der Waals surface area contributed by atoms with Crippen molar-refractivity contribution < 1.29 is 9.53 Å². The largest absolute Gasteiger partial charge is 0.495 e. The van der Waals surface area contributed by atoms with E-state index in [0.717, 1.165) is 18.7 Å². The third-order valence-electron chi connectivity index (χ3n) is 3.68. The fourth-order valence-electron chi connectivity index (χ4n) is 2.54. The molecule has 0 bridgehead atoms. The number of carbonyl (C=O) groups excluding carboxylic acids is 1. The van der Waals surface area contributed by atoms with Crippen molar-refractivity contribution in [2.45, 2.75) is 32.7 Å². The molecule has 2 rings (SSSR count). The summed E-state index contributed by atoms with van der Waals surface area (Å²) in [6, 6.07) is 5.62. The number of methoxy groups -OCH3 is 1. The molecule has 1 aliphatic heterocycles. The molecule has 6 nitrogen and oxygen atoms in total. The zero-order valence-corrected chi connectivity index (χ0v) is 16.0. The summed E-state index contributed by atoms with van der Waals surface area (Å²) in [7, 11) is 1.58. The fourth-order valence-corrected chi connectivity index (χ4v) is 2.54. The molecular weight excluding hydrogens is 407 g/mol. The van der Waals surface area contributed by atoms with Gasteiger partial charge in [-0.15, -0.1) is 24.0 Å². The number of carbonyl (C=O) groups is 1. The zero-order chi connectivity index (χ0) is 15.9. The minimum atomic E-state index is -0.133. The van der Waals surface area contributed by atoms with Gasteiger partial charge in [-0.25, -0.2) is 4.99 Å². The minimum Gasteiger partial charge on any atom is -0.495 e. The number of guanidine groups is 1. The predicted octanol–water partition coefficient (Wildman–Crippen LogP) is 2.57. The molecule has 0 saturated carbocycles. The average Bonchev–Trinajstić information content (AvgIpc) is 2.53. The van der Waals surface area contributed by atoms with E-state index in [4.69, 9.17) is 10.5 Å². The number of hydrogen-bond donors (Lipinski definition) is 2. The van der Waals surface area contributed by atoms with Gasteiger partial charge in [0.25, 0.3) is 0 Å². The number of anilines is 1. The Labute approximate surface area is 154 Å². The number of hydrogen-bond acceptors (Lipinski definition) is 3. The zero-order valence-electron chi connectivity index (χ0n) is 13.7. The maximum atomic E-state index is 11.2. The fraction of sp³-hybridized carbons (Fsp3) is 0.500. The summed E-state index contributed by atoms with van der Waals surface area (Å²) in [5, 5.41) is 2.76. The van der Waals surface area contributed by atoms with E-state index < -0.39 is 0 Å². The number of rotatable bonds is 4. The molecule has 1 heterocycles. The van der Waals surface area contributed by atoms with E-state index in [9.17, 15) is 4.79 Å². The highest BCUT2D eigenvalue weighted by atomic mass is 127. The first-order valence-electron chi connectivity index (χ1n) is 7.59. The molecule has 1 aromatic carbocycles. The van der Waals surface area contributed by atoms with Crippen LogP contribution < -0.4 is 15.8 Å². The Morgan fingerprint density at radius 2 is 2.04 bits per heavy atom. The maximum absolute atomic E-state index is 11.2. The Morgan fingerprint density at radius 3 is 2.65 bits per heavy atom. The number of benzene rings is 1. The summed E-state index contributed by atoms with van der Waals surface area (Å²) in [4.78, 5) is 17.8. The molecule has 7 heteroatoms. The molecule has 0 atom stereocenters. The first-order chi connectivity index (χ1) is 10.6. The third-order valence-corrected chi connectivity index (χ3v) is 3.68. The standard InChI is InChI=1S/C16H24N4O2.HI/c1-12(21)19-14-10-13(6-7-15(14)22-2)11-18-16(17)20-8-4-3-5-9-20;/h6-7,10H,3-5,8-9,11H2,1-2H3,(H2,17,18)(H,19,21);1H. The van der Waals surface area contributed by atoms with Crippen LogP contribution in [0.4, 0.5) is 5.69 Å². The van der Waals surface area contributed by atoms with Crippen molar-refractivity contribution in [2.75, 3.05) is 25.5 Å². The molecule has 23 heavy (non-hydrogen) atoms. The first kappa shape index (κ1) is 19.5. The minimum absolute atomic E-state index is 0. The van der Waals surface area contributed by atoms with E-state index in [0.29, 0.717) is 23.9 Å². The second-order valence-electron chi connectivity index (χ2n) is 5.44. The van der Waals surface area contributed by atoms with Gasteiger partial charge in [0.2, 0.25) is 5.91 Å². The van der Waals surface area contributed by atoms with E-state index in [2.05, 4.69) is 15.2 Å². The van der Waals surface area contributed by atoms with Gasteiger partial charge in [-0.2, -0.15) is 0 Å². The highest BCUT2D eigenvalue weighted by Gasteiger charge is 2.12. The Hall–Kier alpha value is -1.51. The van der Waals surface area contributed by atoms with Crippen LogP contribution in [0, 0.1) is 0 Å². The highest BCUT2D eigenvalue weighted by molar-refractivity contribution is 14.0. The van der Waals surface area contributed by atoms with E-state index in [1.54, 1.807) is 7.11 Å². The summed E-state index contributed by atoms with van der Waals surface area (Å²) >= 11 is 0. The Bertz CT molecular complexity index is 557. The number of halogens is 1. The van der Waals surface area contributed by atoms with Gasteiger partial charge < -0.3 is 20.7 Å². The number of amides is 1. The van der Waals surface area contributed by atoms with Crippen LogP contribution in [0.3, 0.4) is 0 Å². The van der Waals surface area contributed by atoms with Crippen LogP contribution in [0.1, 0.15) is 31.7 Å². The lowest BCUT2D eigenvalue weighted by Gasteiger charge is -2.27. The van der Waals surface area contributed by atoms with Gasteiger partial charge in [0.05, 0.1) is 19.3 Å². The molecule has 1 fully saturated rings. The van der Waals surface area contributed by atoms with Gasteiger partial charge in [-0.1, -0.05) is 6.07 Å². The van der Waals surface area contributed by atoms with Crippen molar-refractivity contribution in [3.63, 3.8) is 0 Å². The van der Waals surface area contributed by atoms with E-state index in [1.807, 2.05) is 18.2 Å². The lowest BCUT2D eigenvalue weighted by atomic mass is 10.1. The van der Waals surface area contributed by atoms with Crippen molar-refractivity contribution in [3.05, 3.63) is 23.8 Å². The Kier molecular flexibility index (Phi) is 8.15. The van der Waals surface area contributed by atoms with Crippen LogP contribution in [0.2, 0.25) is 0 Å². The summed E-state index contributed by atoms with van der Waals surface area (Å²) in [5.41, 5.74) is 7.68. The van der Waals surface area contributed by atoms with Gasteiger partial charge in [0.15, 0.2) is 5.96 Å². The van der Waals surface area contributed by atoms with Crippen LogP contribution in [0.5, 0.6) is 5.75 Å². The Morgan fingerprint density at radius 1 is 1.35 bits per heavy atom. The van der Waals surface area contributed by atoms with Crippen LogP contribution in [0.15, 0.2) is 23.2 Å². The molecule has 0 spiro atoms. The average molecular weight is 432 g/mol. The maximum Gasteiger partial charge on any atom is 0.221 e. The number of nitrogens with zero attached hydrogens (tertiary/aromatic N) is 2. The van der Waals surface area contributed by atoms with E-state index in [1.165, 1.54) is 26.2 Å². The van der Waals surface area contributed by atoms with Crippen LogP contribution in [-0.2, 0) is 11.3 Å². The molecule has 1 amide bonds. The normalized spacial score (nSPS) is 14.9. The van der Waals surface area contributed by atoms with Crippen molar-refractivity contribution in [1.82, 2.24) is 4.90 Å². The van der Waals surface area contributed by atoms with E-state index >= 15 is 0 Å². The van der Waals surface area contributed by atoms with Gasteiger partial charge in [-0.3, -0.25) is 4.79 Å². The summed E-state index contributed by atoms with van der Waals surface area (Å²) in [5.74, 6) is 1.09. The number of ether oxygens (including phenoxy) is 1. The molecule has 1 aliphatic rings. The number of piperidine rings is 1. The molecule has 0 unspecified atom stereocenters. The van der Waals surface area contributed by atoms with Gasteiger partial charge in [-0.05, 0) is 37.0 Å². The SMILES string of the molecule is COc1ccc(CN=C(N)N2CCCCC2)cc1NC(C)=O.I. The molecule has 3 N–H and O–H groups in total. The molecule has 0 aromatic heterocycles. The van der Waals surface area contributed by atoms with Gasteiger partial charge in [0.1, 0.15) is 5.75 Å². The Balaban J connectivity index is 0.00000264. The molecule has 1 saturated heterocycles. The van der Waals surface area contributed by atoms with Crippen molar-refractivity contribution in [2.24, 2.45) is 10.7 Å². The number of nitrogens with two attached hydrogens (primary N) is 1. The van der Waals surface area contributed by atoms with Crippen LogP contribution in [0.25, 0.3) is 0 Å². The molecule has 0 aliphatic carbocycles. The number of nitrogens with one attached hydrogen (secondary N) is 1. The predicted molar refractivity (Wildman–Crippen MR) is 103 cm³/mol.